The quantitative estimate of drug-likeness (QED) is 0.537. The van der Waals surface area contributed by atoms with Gasteiger partial charge in [0.25, 0.3) is 0 Å². The average Bonchev–Trinajstić information content (AvgIpc) is 2.10. The van der Waals surface area contributed by atoms with Gasteiger partial charge in [-0.25, -0.2) is 4.79 Å². The first-order chi connectivity index (χ1) is 6.50. The van der Waals surface area contributed by atoms with Crippen molar-refractivity contribution in [2.75, 3.05) is 0 Å². The van der Waals surface area contributed by atoms with Gasteiger partial charge in [0.15, 0.2) is 3.78 Å². The number of carboxylic acids is 1. The Morgan fingerprint density at radius 3 is 2.29 bits per heavy atom. The van der Waals surface area contributed by atoms with Gasteiger partial charge in [-0.2, -0.15) is 0 Å². The maximum Gasteiger partial charge on any atom is 0.335 e. The van der Waals surface area contributed by atoms with Gasteiger partial charge in [0.1, 0.15) is 0 Å². The van der Waals surface area contributed by atoms with Crippen molar-refractivity contribution in [2.24, 2.45) is 0 Å². The molecule has 1 atom stereocenters. The summed E-state index contributed by atoms with van der Waals surface area (Å²) in [5, 5.41) is 8.70. The molecule has 0 aromatic carbocycles. The molecule has 0 saturated carbocycles. The van der Waals surface area contributed by atoms with Gasteiger partial charge in [-0.05, 0) is 6.42 Å². The van der Waals surface area contributed by atoms with E-state index in [-0.39, 0.29) is 0 Å². The molecule has 0 rings (SSSR count). The molecular weight excluding hydrogens is 267 g/mol. The van der Waals surface area contributed by atoms with Crippen molar-refractivity contribution >= 4 is 33.5 Å². The summed E-state index contributed by atoms with van der Waals surface area (Å²) in [4.78, 5) is 10.6. The molecule has 0 spiro atoms. The van der Waals surface area contributed by atoms with E-state index in [0.29, 0.717) is 6.42 Å². The van der Waals surface area contributed by atoms with Crippen LogP contribution in [0.3, 0.4) is 0 Å². The van der Waals surface area contributed by atoms with Crippen LogP contribution >= 0.6 is 27.5 Å². The molecule has 0 radical (unpaired) electrons. The van der Waals surface area contributed by atoms with E-state index in [1.165, 1.54) is 25.7 Å². The van der Waals surface area contributed by atoms with Crippen LogP contribution in [0.1, 0.15) is 51.9 Å². The number of carbonyl (C=O) groups is 1. The zero-order valence-corrected chi connectivity index (χ0v) is 10.9. The smallest absolute Gasteiger partial charge is 0.335 e. The lowest BCUT2D eigenvalue weighted by molar-refractivity contribution is -0.137. The molecule has 1 N–H and O–H groups in total. The standard InChI is InChI=1S/C10H18BrClO2/c1-2-3-4-5-6-7-8-10(11,12)9(13)14/h2-8H2,1H3,(H,13,14). The SMILES string of the molecule is CCCCCCCCC(Cl)(Br)C(=O)O. The van der Waals surface area contributed by atoms with E-state index in [1.54, 1.807) is 0 Å². The molecule has 0 aliphatic carbocycles. The summed E-state index contributed by atoms with van der Waals surface area (Å²) in [5.41, 5.74) is 0. The fourth-order valence-electron chi connectivity index (χ4n) is 1.23. The molecule has 0 fully saturated rings. The first-order valence-electron chi connectivity index (χ1n) is 5.12. The van der Waals surface area contributed by atoms with Crippen LogP contribution in [-0.4, -0.2) is 14.9 Å². The molecule has 0 aromatic heterocycles. The predicted molar refractivity (Wildman–Crippen MR) is 63.1 cm³/mol. The highest BCUT2D eigenvalue weighted by atomic mass is 79.9. The number of aliphatic carboxylic acids is 1. The Bertz CT molecular complexity index is 172. The largest absolute Gasteiger partial charge is 0.479 e. The third kappa shape index (κ3) is 6.66. The van der Waals surface area contributed by atoms with E-state index < -0.39 is 9.75 Å². The molecule has 0 aromatic rings. The molecule has 0 aliphatic heterocycles. The van der Waals surface area contributed by atoms with Crippen LogP contribution in [0.5, 0.6) is 0 Å². The second-order valence-corrected chi connectivity index (χ2v) is 5.98. The zero-order chi connectivity index (χ0) is 11.0. The van der Waals surface area contributed by atoms with Crippen molar-refractivity contribution in [2.45, 2.75) is 55.7 Å². The van der Waals surface area contributed by atoms with Crippen LogP contribution < -0.4 is 0 Å². The number of unbranched alkanes of at least 4 members (excludes halogenated alkanes) is 5. The van der Waals surface area contributed by atoms with E-state index in [2.05, 4.69) is 22.9 Å². The number of hydrogen-bond acceptors (Lipinski definition) is 1. The van der Waals surface area contributed by atoms with Gasteiger partial charge < -0.3 is 5.11 Å². The summed E-state index contributed by atoms with van der Waals surface area (Å²) >= 11 is 8.72. The van der Waals surface area contributed by atoms with Gasteiger partial charge in [0.05, 0.1) is 0 Å². The highest BCUT2D eigenvalue weighted by Crippen LogP contribution is 2.30. The minimum Gasteiger partial charge on any atom is -0.479 e. The summed E-state index contributed by atoms with van der Waals surface area (Å²) in [7, 11) is 0. The number of carboxylic acid groups (broad SMARTS) is 1. The third-order valence-corrected chi connectivity index (χ3v) is 3.24. The Kier molecular flexibility index (Phi) is 7.65. The number of halogens is 2. The van der Waals surface area contributed by atoms with Crippen molar-refractivity contribution in [1.29, 1.82) is 0 Å². The van der Waals surface area contributed by atoms with Crippen molar-refractivity contribution < 1.29 is 9.90 Å². The van der Waals surface area contributed by atoms with Crippen LogP contribution in [0, 0.1) is 0 Å². The second kappa shape index (κ2) is 7.52. The molecule has 14 heavy (non-hydrogen) atoms. The molecule has 0 heterocycles. The Morgan fingerprint density at radius 2 is 1.79 bits per heavy atom. The normalized spacial score (nSPS) is 15.1. The highest BCUT2D eigenvalue weighted by molar-refractivity contribution is 9.10. The Balaban J connectivity index is 3.40. The van der Waals surface area contributed by atoms with Crippen molar-refractivity contribution in [3.63, 3.8) is 0 Å². The highest BCUT2D eigenvalue weighted by Gasteiger charge is 2.31. The molecule has 0 saturated heterocycles. The van der Waals surface area contributed by atoms with Crippen molar-refractivity contribution in [3.8, 4) is 0 Å². The maximum atomic E-state index is 10.6. The number of hydrogen-bond donors (Lipinski definition) is 1. The van der Waals surface area contributed by atoms with E-state index >= 15 is 0 Å². The first-order valence-corrected chi connectivity index (χ1v) is 6.29. The average molecular weight is 286 g/mol. The molecule has 0 aliphatic rings. The van der Waals surface area contributed by atoms with Crippen LogP contribution in [-0.2, 0) is 4.79 Å². The molecule has 84 valence electrons. The number of rotatable bonds is 8. The van der Waals surface area contributed by atoms with Gasteiger partial charge in [0, 0.05) is 0 Å². The molecule has 4 heteroatoms. The molecular formula is C10H18BrClO2. The summed E-state index contributed by atoms with van der Waals surface area (Å²) in [6.07, 6.45) is 7.31. The fourth-order valence-corrected chi connectivity index (χ4v) is 1.65. The van der Waals surface area contributed by atoms with Gasteiger partial charge >= 0.3 is 5.97 Å². The molecule has 0 bridgehead atoms. The van der Waals surface area contributed by atoms with Gasteiger partial charge in [-0.15, -0.1) is 0 Å². The van der Waals surface area contributed by atoms with E-state index in [9.17, 15) is 4.79 Å². The monoisotopic (exact) mass is 284 g/mol. The maximum absolute atomic E-state index is 10.6. The zero-order valence-electron chi connectivity index (χ0n) is 8.56. The first kappa shape index (κ1) is 14.2. The van der Waals surface area contributed by atoms with E-state index in [0.717, 1.165) is 12.8 Å². The number of alkyl halides is 2. The van der Waals surface area contributed by atoms with Crippen molar-refractivity contribution in [1.82, 2.24) is 0 Å². The summed E-state index contributed by atoms with van der Waals surface area (Å²) in [6.45, 7) is 2.17. The Labute approximate surface area is 99.2 Å². The summed E-state index contributed by atoms with van der Waals surface area (Å²) in [6, 6.07) is 0. The summed E-state index contributed by atoms with van der Waals surface area (Å²) < 4.78 is -1.25. The van der Waals surface area contributed by atoms with Gasteiger partial charge in [-0.3, -0.25) is 0 Å². The van der Waals surface area contributed by atoms with Crippen molar-refractivity contribution in [3.05, 3.63) is 0 Å². The van der Waals surface area contributed by atoms with E-state index in [4.69, 9.17) is 16.7 Å². The van der Waals surface area contributed by atoms with Crippen LogP contribution in [0.4, 0.5) is 0 Å². The summed E-state index contributed by atoms with van der Waals surface area (Å²) in [5.74, 6) is -0.993. The minimum absolute atomic E-state index is 0.482. The lowest BCUT2D eigenvalue weighted by Gasteiger charge is -2.13. The second-order valence-electron chi connectivity index (χ2n) is 3.53. The van der Waals surface area contributed by atoms with Crippen LogP contribution in [0.15, 0.2) is 0 Å². The third-order valence-electron chi connectivity index (χ3n) is 2.16. The van der Waals surface area contributed by atoms with Gasteiger partial charge in [-0.1, -0.05) is 73.0 Å². The molecule has 0 amide bonds. The Morgan fingerprint density at radius 1 is 1.29 bits per heavy atom. The van der Waals surface area contributed by atoms with Gasteiger partial charge in [0.2, 0.25) is 0 Å². The van der Waals surface area contributed by atoms with E-state index in [1.807, 2.05) is 0 Å². The molecule has 1 unspecified atom stereocenters. The predicted octanol–water partition coefficient (Wildman–Crippen LogP) is 4.15. The van der Waals surface area contributed by atoms with Crippen LogP contribution in [0.25, 0.3) is 0 Å². The topological polar surface area (TPSA) is 37.3 Å². The molecule has 2 nitrogen and oxygen atoms in total. The lowest BCUT2D eigenvalue weighted by atomic mass is 10.1. The van der Waals surface area contributed by atoms with Crippen LogP contribution in [0.2, 0.25) is 0 Å². The minimum atomic E-state index is -1.25. The lowest BCUT2D eigenvalue weighted by Crippen LogP contribution is -2.24. The Hall–Kier alpha value is 0.240. The fraction of sp³-hybridized carbons (Fsp3) is 0.900.